The fourth-order valence-corrected chi connectivity index (χ4v) is 10.4. The minimum absolute atomic E-state index is 0.0742. The van der Waals surface area contributed by atoms with Crippen LogP contribution in [0.4, 0.5) is 0 Å². The van der Waals surface area contributed by atoms with Gasteiger partial charge in [0.2, 0.25) is 0 Å². The molecule has 4 fully saturated rings. The number of aliphatic hydroxyl groups excluding tert-OH is 2. The second-order valence-corrected chi connectivity index (χ2v) is 13.8. The summed E-state index contributed by atoms with van der Waals surface area (Å²) < 4.78 is 11.9. The molecule has 210 valence electrons. The number of aromatic amines is 1. The lowest BCUT2D eigenvalue weighted by Crippen LogP contribution is -2.62. The molecule has 4 aliphatic carbocycles. The van der Waals surface area contributed by atoms with E-state index in [1.165, 1.54) is 12.8 Å². The Morgan fingerprint density at radius 3 is 2.66 bits per heavy atom. The summed E-state index contributed by atoms with van der Waals surface area (Å²) in [6, 6.07) is 6.04. The molecule has 6 rings (SSSR count). The van der Waals surface area contributed by atoms with Gasteiger partial charge < -0.3 is 24.7 Å². The maximum atomic E-state index is 11.6. The van der Waals surface area contributed by atoms with Gasteiger partial charge in [-0.3, -0.25) is 0 Å². The summed E-state index contributed by atoms with van der Waals surface area (Å²) in [5, 5.41) is 22.0. The average Bonchev–Trinajstić information content (AvgIpc) is 3.48. The molecule has 1 heterocycles. The fraction of sp³-hybridized carbons (Fsp3) is 0.781. The van der Waals surface area contributed by atoms with Gasteiger partial charge in [-0.25, -0.2) is 4.98 Å². The van der Waals surface area contributed by atoms with Gasteiger partial charge in [-0.1, -0.05) is 26.8 Å². The number of imidazole rings is 1. The van der Waals surface area contributed by atoms with E-state index in [1.807, 2.05) is 19.2 Å². The second kappa shape index (κ2) is 9.78. The van der Waals surface area contributed by atoms with Crippen LogP contribution in [0.1, 0.15) is 78.0 Å². The van der Waals surface area contributed by atoms with Gasteiger partial charge >= 0.3 is 0 Å². The highest BCUT2D eigenvalue weighted by Crippen LogP contribution is 2.68. The molecule has 0 spiro atoms. The van der Waals surface area contributed by atoms with Gasteiger partial charge in [0.15, 0.2) is 0 Å². The van der Waals surface area contributed by atoms with Crippen molar-refractivity contribution in [3.05, 3.63) is 24.0 Å². The number of nitrogens with zero attached hydrogens (tertiary/aromatic N) is 1. The lowest BCUT2D eigenvalue weighted by Gasteiger charge is -2.64. The zero-order chi connectivity index (χ0) is 26.8. The van der Waals surface area contributed by atoms with E-state index in [0.29, 0.717) is 35.5 Å². The van der Waals surface area contributed by atoms with E-state index in [2.05, 4.69) is 31.8 Å². The standard InChI is InChI=1S/C32H48N2O4/c1-18(9-12-28-33-24-7-6-8-26(37-4)30(24)34-28)21-10-11-22-29-23(17-27(38-5)32(21,22)3)31(2)14-13-20(35)15-19(31)16-25(29)36/h6-8,18-23,25,27,29,35-36H,9-17H2,1-5H3,(H,33,34)/t18?,19-,20+,21+,22-,23-,25+,27-,29-,31-,32+/m0/s1. The number of aromatic nitrogens is 2. The van der Waals surface area contributed by atoms with Gasteiger partial charge in [-0.2, -0.15) is 0 Å². The van der Waals surface area contributed by atoms with Crippen molar-refractivity contribution in [1.82, 2.24) is 9.97 Å². The van der Waals surface area contributed by atoms with E-state index in [-0.39, 0.29) is 29.1 Å². The minimum atomic E-state index is -0.259. The minimum Gasteiger partial charge on any atom is -0.494 e. The quantitative estimate of drug-likeness (QED) is 0.448. The molecule has 0 saturated heterocycles. The Morgan fingerprint density at radius 1 is 1.08 bits per heavy atom. The van der Waals surface area contributed by atoms with Crippen LogP contribution in [0.25, 0.3) is 11.0 Å². The molecule has 4 saturated carbocycles. The number of fused-ring (bicyclic) bond motifs is 6. The molecule has 4 aliphatic rings. The smallest absolute Gasteiger partial charge is 0.146 e. The third kappa shape index (κ3) is 3.96. The monoisotopic (exact) mass is 524 g/mol. The highest BCUT2D eigenvalue weighted by Gasteiger charge is 2.66. The summed E-state index contributed by atoms with van der Waals surface area (Å²) in [6.07, 6.45) is 8.89. The van der Waals surface area contributed by atoms with Gasteiger partial charge in [-0.05, 0) is 104 Å². The van der Waals surface area contributed by atoms with Gasteiger partial charge in [0.1, 0.15) is 17.1 Å². The van der Waals surface area contributed by atoms with Crippen molar-refractivity contribution < 1.29 is 19.7 Å². The molecule has 1 unspecified atom stereocenters. The number of hydrogen-bond acceptors (Lipinski definition) is 5. The number of rotatable bonds is 6. The van der Waals surface area contributed by atoms with E-state index < -0.39 is 0 Å². The molecule has 0 aliphatic heterocycles. The first-order valence-corrected chi connectivity index (χ1v) is 15.1. The maximum Gasteiger partial charge on any atom is 0.146 e. The lowest BCUT2D eigenvalue weighted by molar-refractivity contribution is -0.212. The van der Waals surface area contributed by atoms with Crippen molar-refractivity contribution in [2.75, 3.05) is 14.2 Å². The molecule has 0 radical (unpaired) electrons. The molecular formula is C32H48N2O4. The first kappa shape index (κ1) is 26.6. The van der Waals surface area contributed by atoms with Crippen LogP contribution < -0.4 is 4.74 Å². The summed E-state index contributed by atoms with van der Waals surface area (Å²) in [7, 11) is 3.61. The van der Waals surface area contributed by atoms with Crippen molar-refractivity contribution in [2.24, 2.45) is 46.3 Å². The molecule has 1 aromatic heterocycles. The van der Waals surface area contributed by atoms with Crippen LogP contribution in [0.5, 0.6) is 5.75 Å². The van der Waals surface area contributed by atoms with Crippen molar-refractivity contribution in [3.63, 3.8) is 0 Å². The van der Waals surface area contributed by atoms with Gasteiger partial charge in [0.25, 0.3) is 0 Å². The number of aliphatic hydroxyl groups is 2. The summed E-state index contributed by atoms with van der Waals surface area (Å²) in [5.41, 5.74) is 2.22. The maximum absolute atomic E-state index is 11.6. The van der Waals surface area contributed by atoms with Crippen LogP contribution in [0.3, 0.4) is 0 Å². The molecule has 38 heavy (non-hydrogen) atoms. The van der Waals surface area contributed by atoms with Crippen molar-refractivity contribution >= 4 is 11.0 Å². The number of aryl methyl sites for hydroxylation is 1. The van der Waals surface area contributed by atoms with Crippen LogP contribution in [0.15, 0.2) is 18.2 Å². The third-order valence-corrected chi connectivity index (χ3v) is 12.4. The normalized spacial score (nSPS) is 43.3. The molecule has 6 nitrogen and oxygen atoms in total. The Hall–Kier alpha value is -1.63. The predicted molar refractivity (Wildman–Crippen MR) is 149 cm³/mol. The molecule has 11 atom stereocenters. The summed E-state index contributed by atoms with van der Waals surface area (Å²) in [6.45, 7) is 7.39. The Balaban J connectivity index is 1.22. The first-order chi connectivity index (χ1) is 18.2. The van der Waals surface area contributed by atoms with Gasteiger partial charge in [0, 0.05) is 18.9 Å². The van der Waals surface area contributed by atoms with Crippen molar-refractivity contribution in [2.45, 2.75) is 96.9 Å². The van der Waals surface area contributed by atoms with Gasteiger partial charge in [0.05, 0.1) is 30.9 Å². The van der Waals surface area contributed by atoms with Crippen LogP contribution >= 0.6 is 0 Å². The average molecular weight is 525 g/mol. The zero-order valence-electron chi connectivity index (χ0n) is 24.0. The summed E-state index contributed by atoms with van der Waals surface area (Å²) in [5.74, 6) is 4.71. The summed E-state index contributed by atoms with van der Waals surface area (Å²) in [4.78, 5) is 8.38. The second-order valence-electron chi connectivity index (χ2n) is 13.8. The summed E-state index contributed by atoms with van der Waals surface area (Å²) >= 11 is 0. The number of ether oxygens (including phenoxy) is 2. The molecule has 6 heteroatoms. The Kier molecular flexibility index (Phi) is 6.84. The van der Waals surface area contributed by atoms with E-state index >= 15 is 0 Å². The fourth-order valence-electron chi connectivity index (χ4n) is 10.4. The number of hydrogen-bond donors (Lipinski definition) is 3. The number of H-pyrrole nitrogens is 1. The van der Waals surface area contributed by atoms with E-state index in [9.17, 15) is 10.2 Å². The highest BCUT2D eigenvalue weighted by atomic mass is 16.5. The van der Waals surface area contributed by atoms with Crippen LogP contribution in [-0.4, -0.2) is 52.7 Å². The molecule has 0 amide bonds. The topological polar surface area (TPSA) is 87.6 Å². The highest BCUT2D eigenvalue weighted by molar-refractivity contribution is 5.81. The van der Waals surface area contributed by atoms with Crippen LogP contribution in [0, 0.1) is 46.3 Å². The lowest BCUT2D eigenvalue weighted by atomic mass is 9.43. The Labute approximate surface area is 227 Å². The third-order valence-electron chi connectivity index (χ3n) is 12.4. The largest absolute Gasteiger partial charge is 0.494 e. The number of nitrogens with one attached hydrogen (secondary N) is 1. The van der Waals surface area contributed by atoms with Crippen LogP contribution in [0.2, 0.25) is 0 Å². The van der Waals surface area contributed by atoms with Crippen molar-refractivity contribution in [3.8, 4) is 5.75 Å². The number of benzene rings is 1. The first-order valence-electron chi connectivity index (χ1n) is 15.1. The number of para-hydroxylation sites is 1. The predicted octanol–water partition coefficient (Wildman–Crippen LogP) is 5.76. The Morgan fingerprint density at radius 2 is 1.89 bits per heavy atom. The van der Waals surface area contributed by atoms with Crippen molar-refractivity contribution in [1.29, 1.82) is 0 Å². The molecule has 3 N–H and O–H groups in total. The molecule has 1 aromatic carbocycles. The van der Waals surface area contributed by atoms with Gasteiger partial charge in [-0.15, -0.1) is 0 Å². The zero-order valence-corrected chi connectivity index (χ0v) is 24.0. The number of methoxy groups -OCH3 is 2. The molecule has 0 bridgehead atoms. The molecular weight excluding hydrogens is 476 g/mol. The van der Waals surface area contributed by atoms with E-state index in [4.69, 9.17) is 14.5 Å². The van der Waals surface area contributed by atoms with E-state index in [1.54, 1.807) is 7.11 Å². The Bertz CT molecular complexity index is 1150. The molecule has 2 aromatic rings. The van der Waals surface area contributed by atoms with E-state index in [0.717, 1.165) is 67.6 Å². The SMILES string of the molecule is COc1cccc2[nH]c(CCC(C)[C@H]3CC[C@H]4[C@@H]5[C@H](O)C[C@@H]6C[C@H](O)CC[C@]6(C)[C@H]5C[C@H](OC)[C@]34C)nc12. The van der Waals surface area contributed by atoms with Crippen LogP contribution in [-0.2, 0) is 11.2 Å².